The molecule has 1 aliphatic heterocycles. The topological polar surface area (TPSA) is 33.7 Å². The summed E-state index contributed by atoms with van der Waals surface area (Å²) in [6.07, 6.45) is -2.70. The van der Waals surface area contributed by atoms with E-state index in [2.05, 4.69) is 28.8 Å². The Morgan fingerprint density at radius 2 is 1.88 bits per heavy atom. The van der Waals surface area contributed by atoms with Crippen molar-refractivity contribution in [2.24, 2.45) is 5.92 Å². The molecule has 150 valence electrons. The van der Waals surface area contributed by atoms with Crippen LogP contribution in [0, 0.1) is 5.92 Å². The molecule has 0 radical (unpaired) electrons. The van der Waals surface area contributed by atoms with Crippen LogP contribution in [-0.4, -0.2) is 44.6 Å². The lowest BCUT2D eigenvalue weighted by atomic mass is 9.88. The van der Waals surface area contributed by atoms with Gasteiger partial charge >= 0.3 is 6.36 Å². The fourth-order valence-corrected chi connectivity index (χ4v) is 3.58. The van der Waals surface area contributed by atoms with Crippen LogP contribution in [0.5, 0.6) is 11.5 Å². The van der Waals surface area contributed by atoms with E-state index in [4.69, 9.17) is 4.74 Å². The first-order valence-corrected chi connectivity index (χ1v) is 8.74. The van der Waals surface area contributed by atoms with E-state index in [1.54, 1.807) is 13.2 Å². The minimum atomic E-state index is -4.70. The number of hydrogen-bond donors (Lipinski definition) is 1. The SMILES string of the molecule is CCCC(C)[C@@H](c1cc(OC(F)(F)F)ccc1OC)N1CCNCC1.Cl. The summed E-state index contributed by atoms with van der Waals surface area (Å²) in [7, 11) is 1.54. The number of halogens is 4. The number of hydrogen-bond acceptors (Lipinski definition) is 4. The fraction of sp³-hybridized carbons (Fsp3) is 0.667. The van der Waals surface area contributed by atoms with Crippen LogP contribution in [0.2, 0.25) is 0 Å². The van der Waals surface area contributed by atoms with E-state index in [0.29, 0.717) is 5.75 Å². The van der Waals surface area contributed by atoms with Gasteiger partial charge in [0.2, 0.25) is 0 Å². The van der Waals surface area contributed by atoms with Gasteiger partial charge in [-0.15, -0.1) is 25.6 Å². The van der Waals surface area contributed by atoms with E-state index >= 15 is 0 Å². The molecule has 1 fully saturated rings. The summed E-state index contributed by atoms with van der Waals surface area (Å²) >= 11 is 0. The largest absolute Gasteiger partial charge is 0.573 e. The predicted octanol–water partition coefficient (Wildman–Crippen LogP) is 4.40. The van der Waals surface area contributed by atoms with Gasteiger partial charge in [-0.25, -0.2) is 0 Å². The van der Waals surface area contributed by atoms with Crippen molar-refractivity contribution in [2.75, 3.05) is 33.3 Å². The number of piperazine rings is 1. The highest BCUT2D eigenvalue weighted by atomic mass is 35.5. The Balaban J connectivity index is 0.00000338. The average molecular weight is 397 g/mol. The molecule has 26 heavy (non-hydrogen) atoms. The second-order valence-electron chi connectivity index (χ2n) is 6.45. The number of alkyl halides is 3. The summed E-state index contributed by atoms with van der Waals surface area (Å²) in [5.41, 5.74) is 0.757. The van der Waals surface area contributed by atoms with Crippen molar-refractivity contribution in [3.05, 3.63) is 23.8 Å². The van der Waals surface area contributed by atoms with Gasteiger partial charge in [0, 0.05) is 37.8 Å². The highest BCUT2D eigenvalue weighted by molar-refractivity contribution is 5.85. The van der Waals surface area contributed by atoms with Crippen LogP contribution < -0.4 is 14.8 Å². The van der Waals surface area contributed by atoms with Crippen molar-refractivity contribution in [3.8, 4) is 11.5 Å². The van der Waals surface area contributed by atoms with E-state index < -0.39 is 6.36 Å². The minimum Gasteiger partial charge on any atom is -0.496 e. The molecule has 1 N–H and O–H groups in total. The second-order valence-corrected chi connectivity index (χ2v) is 6.45. The van der Waals surface area contributed by atoms with Crippen LogP contribution in [-0.2, 0) is 0 Å². The molecule has 2 rings (SSSR count). The maximum atomic E-state index is 12.6. The molecular formula is C18H28ClF3N2O2. The Morgan fingerprint density at radius 3 is 2.42 bits per heavy atom. The fourth-order valence-electron chi connectivity index (χ4n) is 3.58. The molecule has 2 atom stereocenters. The first kappa shape index (κ1) is 22.9. The lowest BCUT2D eigenvalue weighted by Crippen LogP contribution is -2.46. The third-order valence-corrected chi connectivity index (χ3v) is 4.58. The van der Waals surface area contributed by atoms with E-state index in [1.807, 2.05) is 0 Å². The van der Waals surface area contributed by atoms with Crippen molar-refractivity contribution in [1.29, 1.82) is 0 Å². The quantitative estimate of drug-likeness (QED) is 0.740. The molecule has 0 aliphatic carbocycles. The van der Waals surface area contributed by atoms with Crippen LogP contribution in [0.1, 0.15) is 38.3 Å². The van der Waals surface area contributed by atoms with Crippen molar-refractivity contribution < 1.29 is 22.6 Å². The molecule has 0 bridgehead atoms. The Kier molecular flexibility index (Phi) is 9.00. The van der Waals surface area contributed by atoms with Gasteiger partial charge in [0.1, 0.15) is 11.5 Å². The highest BCUT2D eigenvalue weighted by Crippen LogP contribution is 2.39. The Bertz CT molecular complexity index is 552. The monoisotopic (exact) mass is 396 g/mol. The first-order chi connectivity index (χ1) is 11.9. The number of methoxy groups -OCH3 is 1. The zero-order chi connectivity index (χ0) is 18.4. The molecule has 1 heterocycles. The summed E-state index contributed by atoms with van der Waals surface area (Å²) in [5, 5.41) is 3.32. The van der Waals surface area contributed by atoms with Gasteiger partial charge in [0.15, 0.2) is 0 Å². The lowest BCUT2D eigenvalue weighted by molar-refractivity contribution is -0.274. The Labute approximate surface area is 159 Å². The molecule has 1 unspecified atom stereocenters. The van der Waals surface area contributed by atoms with Crippen LogP contribution in [0.15, 0.2) is 18.2 Å². The van der Waals surface area contributed by atoms with Gasteiger partial charge in [-0.3, -0.25) is 4.90 Å². The van der Waals surface area contributed by atoms with Crippen LogP contribution in [0.4, 0.5) is 13.2 Å². The molecule has 0 saturated carbocycles. The van der Waals surface area contributed by atoms with Gasteiger partial charge < -0.3 is 14.8 Å². The van der Waals surface area contributed by atoms with Gasteiger partial charge in [0.25, 0.3) is 0 Å². The zero-order valence-electron chi connectivity index (χ0n) is 15.4. The molecule has 0 amide bonds. The highest BCUT2D eigenvalue weighted by Gasteiger charge is 2.33. The number of ether oxygens (including phenoxy) is 2. The van der Waals surface area contributed by atoms with Crippen molar-refractivity contribution in [3.63, 3.8) is 0 Å². The molecule has 1 aliphatic rings. The molecule has 1 aromatic carbocycles. The van der Waals surface area contributed by atoms with E-state index in [-0.39, 0.29) is 30.1 Å². The minimum absolute atomic E-state index is 0. The van der Waals surface area contributed by atoms with E-state index in [9.17, 15) is 13.2 Å². The van der Waals surface area contributed by atoms with E-state index in [0.717, 1.165) is 44.6 Å². The summed E-state index contributed by atoms with van der Waals surface area (Å²) in [5.74, 6) is 0.686. The Morgan fingerprint density at radius 1 is 1.23 bits per heavy atom. The molecule has 1 saturated heterocycles. The number of nitrogens with one attached hydrogen (secondary N) is 1. The molecule has 1 aromatic rings. The third-order valence-electron chi connectivity index (χ3n) is 4.58. The maximum Gasteiger partial charge on any atom is 0.573 e. The number of rotatable bonds is 7. The van der Waals surface area contributed by atoms with Crippen molar-refractivity contribution >= 4 is 12.4 Å². The second kappa shape index (κ2) is 10.2. The zero-order valence-corrected chi connectivity index (χ0v) is 16.3. The summed E-state index contributed by atoms with van der Waals surface area (Å²) in [6, 6.07) is 4.33. The lowest BCUT2D eigenvalue weighted by Gasteiger charge is -2.39. The van der Waals surface area contributed by atoms with Crippen molar-refractivity contribution in [1.82, 2.24) is 10.2 Å². The van der Waals surface area contributed by atoms with Crippen LogP contribution >= 0.6 is 12.4 Å². The van der Waals surface area contributed by atoms with Crippen molar-refractivity contribution in [2.45, 2.75) is 39.1 Å². The summed E-state index contributed by atoms with van der Waals surface area (Å²) in [4.78, 5) is 2.33. The maximum absolute atomic E-state index is 12.6. The third kappa shape index (κ3) is 6.21. The summed E-state index contributed by atoms with van der Waals surface area (Å²) in [6.45, 7) is 7.71. The van der Waals surface area contributed by atoms with Gasteiger partial charge in [-0.1, -0.05) is 20.3 Å². The molecule has 0 aromatic heterocycles. The molecule has 8 heteroatoms. The van der Waals surface area contributed by atoms with Gasteiger partial charge in [-0.05, 0) is 30.5 Å². The van der Waals surface area contributed by atoms with Crippen LogP contribution in [0.25, 0.3) is 0 Å². The number of nitrogens with zero attached hydrogens (tertiary/aromatic N) is 1. The normalized spacial score (nSPS) is 17.9. The molecule has 4 nitrogen and oxygen atoms in total. The van der Waals surface area contributed by atoms with Crippen LogP contribution in [0.3, 0.4) is 0 Å². The predicted molar refractivity (Wildman–Crippen MR) is 98.2 cm³/mol. The van der Waals surface area contributed by atoms with E-state index in [1.165, 1.54) is 12.1 Å². The summed E-state index contributed by atoms with van der Waals surface area (Å²) < 4.78 is 47.4. The van der Waals surface area contributed by atoms with Gasteiger partial charge in [0.05, 0.1) is 7.11 Å². The average Bonchev–Trinajstić information content (AvgIpc) is 2.55. The molecule has 0 spiro atoms. The smallest absolute Gasteiger partial charge is 0.496 e. The Hall–Kier alpha value is -1.18. The molecular weight excluding hydrogens is 369 g/mol. The first-order valence-electron chi connectivity index (χ1n) is 8.74. The van der Waals surface area contributed by atoms with Gasteiger partial charge in [-0.2, -0.15) is 0 Å². The standard InChI is InChI=1S/C18H27F3N2O2.ClH/c1-4-5-13(2)17(23-10-8-22-9-11-23)15-12-14(25-18(19,20)21)6-7-16(15)24-3;/h6-7,12-13,17,22H,4-5,8-11H2,1-3H3;1H/t13?,17-;/m0./s1. The number of benzene rings is 1.